The SMILES string of the molecule is CCOc1ccc(C(=O)N[C@H](C(=O)OCc2cn3ccccc3n2)C(C)C)cc1. The molecule has 0 bridgehead atoms. The minimum Gasteiger partial charge on any atom is -0.494 e. The molecule has 0 saturated carbocycles. The predicted molar refractivity (Wildman–Crippen MR) is 109 cm³/mol. The van der Waals surface area contributed by atoms with Gasteiger partial charge in [-0.3, -0.25) is 4.79 Å². The molecule has 0 aliphatic carbocycles. The number of aromatic nitrogens is 2. The number of carbonyl (C=O) groups excluding carboxylic acids is 2. The number of nitrogens with one attached hydrogen (secondary N) is 1. The van der Waals surface area contributed by atoms with Crippen LogP contribution in [0, 0.1) is 5.92 Å². The zero-order chi connectivity index (χ0) is 20.8. The molecule has 3 aromatic rings. The van der Waals surface area contributed by atoms with Gasteiger partial charge in [-0.25, -0.2) is 9.78 Å². The molecule has 0 fully saturated rings. The molecule has 2 heterocycles. The van der Waals surface area contributed by atoms with E-state index in [0.29, 0.717) is 23.6 Å². The summed E-state index contributed by atoms with van der Waals surface area (Å²) in [6.07, 6.45) is 3.69. The third kappa shape index (κ3) is 5.13. The quantitative estimate of drug-likeness (QED) is 0.592. The fourth-order valence-corrected chi connectivity index (χ4v) is 2.88. The summed E-state index contributed by atoms with van der Waals surface area (Å²) >= 11 is 0. The molecule has 1 aromatic carbocycles. The molecule has 3 rings (SSSR count). The molecular formula is C22H25N3O4. The van der Waals surface area contributed by atoms with Crippen LogP contribution >= 0.6 is 0 Å². The lowest BCUT2D eigenvalue weighted by Crippen LogP contribution is -2.45. The Balaban J connectivity index is 1.61. The standard InChI is InChI=1S/C22H25N3O4/c1-4-28-18-10-8-16(9-11-18)21(26)24-20(15(2)3)22(27)29-14-17-13-25-12-6-5-7-19(25)23-17/h5-13,15,20H,4,14H2,1-3H3,(H,24,26)/t20-/m0/s1. The Morgan fingerprint density at radius 1 is 1.14 bits per heavy atom. The molecule has 0 unspecified atom stereocenters. The fourth-order valence-electron chi connectivity index (χ4n) is 2.88. The largest absolute Gasteiger partial charge is 0.494 e. The van der Waals surface area contributed by atoms with Crippen molar-refractivity contribution in [3.63, 3.8) is 0 Å². The van der Waals surface area contributed by atoms with Crippen LogP contribution < -0.4 is 10.1 Å². The van der Waals surface area contributed by atoms with Gasteiger partial charge in [-0.1, -0.05) is 19.9 Å². The van der Waals surface area contributed by atoms with E-state index in [2.05, 4.69) is 10.3 Å². The highest BCUT2D eigenvalue weighted by molar-refractivity contribution is 5.96. The molecule has 2 aromatic heterocycles. The first-order valence-electron chi connectivity index (χ1n) is 9.61. The van der Waals surface area contributed by atoms with Gasteiger partial charge in [-0.15, -0.1) is 0 Å². The number of carbonyl (C=O) groups is 2. The summed E-state index contributed by atoms with van der Waals surface area (Å²) in [7, 11) is 0. The smallest absolute Gasteiger partial charge is 0.329 e. The van der Waals surface area contributed by atoms with Gasteiger partial charge in [0.05, 0.1) is 12.3 Å². The summed E-state index contributed by atoms with van der Waals surface area (Å²) < 4.78 is 12.7. The van der Waals surface area contributed by atoms with Gasteiger partial charge in [0.25, 0.3) is 5.91 Å². The minimum absolute atomic E-state index is 0.0443. The first kappa shape index (κ1) is 20.4. The van der Waals surface area contributed by atoms with Crippen LogP contribution in [-0.4, -0.2) is 33.9 Å². The number of rotatable bonds is 8. The molecule has 0 spiro atoms. The minimum atomic E-state index is -0.758. The number of fused-ring (bicyclic) bond motifs is 1. The normalized spacial score (nSPS) is 12.0. The molecule has 152 valence electrons. The van der Waals surface area contributed by atoms with Crippen molar-refractivity contribution in [2.24, 2.45) is 5.92 Å². The van der Waals surface area contributed by atoms with E-state index in [0.717, 1.165) is 5.65 Å². The van der Waals surface area contributed by atoms with Crippen molar-refractivity contribution >= 4 is 17.5 Å². The average molecular weight is 395 g/mol. The molecular weight excluding hydrogens is 370 g/mol. The van der Waals surface area contributed by atoms with Crippen molar-refractivity contribution in [3.8, 4) is 5.75 Å². The number of imidazole rings is 1. The highest BCUT2D eigenvalue weighted by atomic mass is 16.5. The third-order valence-electron chi connectivity index (χ3n) is 4.41. The van der Waals surface area contributed by atoms with Crippen molar-refractivity contribution in [3.05, 3.63) is 66.1 Å². The summed E-state index contributed by atoms with van der Waals surface area (Å²) in [5.41, 5.74) is 1.87. The van der Waals surface area contributed by atoms with E-state index in [1.54, 1.807) is 24.3 Å². The van der Waals surface area contributed by atoms with E-state index in [4.69, 9.17) is 9.47 Å². The number of hydrogen-bond acceptors (Lipinski definition) is 5. The fraction of sp³-hybridized carbons (Fsp3) is 0.318. The number of ether oxygens (including phenoxy) is 2. The summed E-state index contributed by atoms with van der Waals surface area (Å²) in [6, 6.07) is 11.7. The summed E-state index contributed by atoms with van der Waals surface area (Å²) in [6.45, 7) is 6.21. The number of hydrogen-bond donors (Lipinski definition) is 1. The topological polar surface area (TPSA) is 81.9 Å². The second-order valence-corrected chi connectivity index (χ2v) is 6.96. The Labute approximate surface area is 169 Å². The molecule has 1 N–H and O–H groups in total. The Bertz CT molecular complexity index is 946. The lowest BCUT2D eigenvalue weighted by atomic mass is 10.0. The van der Waals surface area contributed by atoms with E-state index in [1.165, 1.54) is 0 Å². The Hall–Kier alpha value is -3.35. The van der Waals surface area contributed by atoms with Crippen LogP contribution in [0.1, 0.15) is 36.8 Å². The monoisotopic (exact) mass is 395 g/mol. The second-order valence-electron chi connectivity index (χ2n) is 6.96. The molecule has 7 nitrogen and oxygen atoms in total. The highest BCUT2D eigenvalue weighted by Crippen LogP contribution is 2.14. The number of amides is 1. The van der Waals surface area contributed by atoms with Crippen LogP contribution in [0.2, 0.25) is 0 Å². The van der Waals surface area contributed by atoms with Crippen molar-refractivity contribution in [2.75, 3.05) is 6.61 Å². The van der Waals surface area contributed by atoms with Crippen LogP contribution in [-0.2, 0) is 16.1 Å². The second kappa shape index (κ2) is 9.23. The first-order chi connectivity index (χ1) is 14.0. The van der Waals surface area contributed by atoms with E-state index in [9.17, 15) is 9.59 Å². The van der Waals surface area contributed by atoms with Gasteiger partial charge in [-0.2, -0.15) is 0 Å². The van der Waals surface area contributed by atoms with Crippen LogP contribution in [0.15, 0.2) is 54.9 Å². The maximum absolute atomic E-state index is 12.6. The molecule has 0 aliphatic rings. The number of esters is 1. The first-order valence-corrected chi connectivity index (χ1v) is 9.61. The Morgan fingerprint density at radius 2 is 1.90 bits per heavy atom. The summed E-state index contributed by atoms with van der Waals surface area (Å²) in [5.74, 6) is -0.265. The Kier molecular flexibility index (Phi) is 6.49. The van der Waals surface area contributed by atoms with Crippen LogP contribution in [0.5, 0.6) is 5.75 Å². The molecule has 1 atom stereocenters. The van der Waals surface area contributed by atoms with Crippen molar-refractivity contribution in [1.29, 1.82) is 0 Å². The predicted octanol–water partition coefficient (Wildman–Crippen LogP) is 3.23. The molecule has 0 radical (unpaired) electrons. The zero-order valence-corrected chi connectivity index (χ0v) is 16.8. The van der Waals surface area contributed by atoms with Gasteiger partial charge in [0.2, 0.25) is 0 Å². The number of benzene rings is 1. The maximum Gasteiger partial charge on any atom is 0.329 e. The van der Waals surface area contributed by atoms with E-state index in [-0.39, 0.29) is 18.4 Å². The van der Waals surface area contributed by atoms with Crippen molar-refractivity contribution in [2.45, 2.75) is 33.4 Å². The number of pyridine rings is 1. The van der Waals surface area contributed by atoms with Gasteiger partial charge >= 0.3 is 5.97 Å². The van der Waals surface area contributed by atoms with Gasteiger partial charge in [0.15, 0.2) is 0 Å². The summed E-state index contributed by atoms with van der Waals surface area (Å²) in [5, 5.41) is 2.77. The Morgan fingerprint density at radius 3 is 2.55 bits per heavy atom. The molecule has 7 heteroatoms. The highest BCUT2D eigenvalue weighted by Gasteiger charge is 2.26. The lowest BCUT2D eigenvalue weighted by Gasteiger charge is -2.20. The van der Waals surface area contributed by atoms with E-state index in [1.807, 2.05) is 55.8 Å². The molecule has 1 amide bonds. The van der Waals surface area contributed by atoms with Crippen LogP contribution in [0.3, 0.4) is 0 Å². The van der Waals surface area contributed by atoms with E-state index >= 15 is 0 Å². The summed E-state index contributed by atoms with van der Waals surface area (Å²) in [4.78, 5) is 29.5. The molecule has 0 saturated heterocycles. The van der Waals surface area contributed by atoms with Gasteiger partial charge in [0.1, 0.15) is 24.0 Å². The van der Waals surface area contributed by atoms with Crippen molar-refractivity contribution in [1.82, 2.24) is 14.7 Å². The lowest BCUT2D eigenvalue weighted by molar-refractivity contribution is -0.148. The number of nitrogens with zero attached hydrogens (tertiary/aromatic N) is 2. The maximum atomic E-state index is 12.6. The van der Waals surface area contributed by atoms with Gasteiger partial charge in [-0.05, 0) is 49.2 Å². The zero-order valence-electron chi connectivity index (χ0n) is 16.8. The van der Waals surface area contributed by atoms with Crippen molar-refractivity contribution < 1.29 is 19.1 Å². The molecule has 0 aliphatic heterocycles. The molecule has 29 heavy (non-hydrogen) atoms. The van der Waals surface area contributed by atoms with Crippen LogP contribution in [0.4, 0.5) is 0 Å². The van der Waals surface area contributed by atoms with Crippen LogP contribution in [0.25, 0.3) is 5.65 Å². The third-order valence-corrected chi connectivity index (χ3v) is 4.41. The van der Waals surface area contributed by atoms with Gasteiger partial charge < -0.3 is 19.2 Å². The van der Waals surface area contributed by atoms with E-state index < -0.39 is 12.0 Å². The average Bonchev–Trinajstić information content (AvgIpc) is 3.13. The van der Waals surface area contributed by atoms with Gasteiger partial charge in [0, 0.05) is 18.0 Å².